The molecule has 0 amide bonds. The van der Waals surface area contributed by atoms with Crippen molar-refractivity contribution < 1.29 is 5.11 Å². The van der Waals surface area contributed by atoms with Gasteiger partial charge in [-0.25, -0.2) is 6.57 Å². The van der Waals surface area contributed by atoms with Crippen molar-refractivity contribution in [3.8, 4) is 0 Å². The Morgan fingerprint density at radius 3 is 2.00 bits per heavy atom. The first kappa shape index (κ1) is 8.55. The Bertz CT molecular complexity index is 192. The van der Waals surface area contributed by atoms with Crippen molar-refractivity contribution in [1.29, 1.82) is 0 Å². The van der Waals surface area contributed by atoms with Crippen molar-refractivity contribution in [3.63, 3.8) is 0 Å². The van der Waals surface area contributed by atoms with Crippen LogP contribution in [0.15, 0.2) is 0 Å². The number of rotatable bonds is 1. The van der Waals surface area contributed by atoms with E-state index in [1.165, 1.54) is 0 Å². The van der Waals surface area contributed by atoms with Gasteiger partial charge >= 0.3 is 0 Å². The molecule has 1 rings (SSSR count). The number of hydrogen-bond donors (Lipinski definition) is 1. The Balaban J connectivity index is 2.67. The van der Waals surface area contributed by atoms with Crippen LogP contribution in [0.1, 0.15) is 33.6 Å². The summed E-state index contributed by atoms with van der Waals surface area (Å²) in [5.41, 5.74) is -0.835. The van der Waals surface area contributed by atoms with Crippen molar-refractivity contribution in [3.05, 3.63) is 11.4 Å². The Morgan fingerprint density at radius 1 is 1.45 bits per heavy atom. The molecule has 2 heteroatoms. The first-order valence-corrected chi connectivity index (χ1v) is 4.03. The molecular weight excluding hydrogens is 138 g/mol. The highest BCUT2D eigenvalue weighted by atomic mass is 16.3. The molecule has 0 bridgehead atoms. The van der Waals surface area contributed by atoms with E-state index in [0.717, 1.165) is 0 Å². The lowest BCUT2D eigenvalue weighted by Gasteiger charge is -2.45. The average molecular weight is 153 g/mol. The lowest BCUT2D eigenvalue weighted by Crippen LogP contribution is -2.55. The van der Waals surface area contributed by atoms with Crippen LogP contribution in [-0.4, -0.2) is 16.2 Å². The molecule has 62 valence electrons. The molecule has 2 nitrogen and oxygen atoms in total. The maximum atomic E-state index is 9.49. The molecule has 0 heterocycles. The zero-order valence-electron chi connectivity index (χ0n) is 7.39. The maximum Gasteiger partial charge on any atom is 0.240 e. The van der Waals surface area contributed by atoms with Crippen LogP contribution in [-0.2, 0) is 0 Å². The topological polar surface area (TPSA) is 24.6 Å². The minimum atomic E-state index is -0.575. The zero-order chi connectivity index (χ0) is 8.70. The van der Waals surface area contributed by atoms with Crippen molar-refractivity contribution in [1.82, 2.24) is 0 Å². The van der Waals surface area contributed by atoms with E-state index in [4.69, 9.17) is 6.57 Å². The molecule has 0 aromatic rings. The number of hydrogen-bond acceptors (Lipinski definition) is 1. The van der Waals surface area contributed by atoms with E-state index in [0.29, 0.717) is 18.8 Å². The molecule has 11 heavy (non-hydrogen) atoms. The standard InChI is InChI=1S/C9H15NO/c1-7(2)9(10-4)5-8(3,11)6-9/h7,11H,5-6H2,1-3H3. The van der Waals surface area contributed by atoms with Crippen LogP contribution in [0.2, 0.25) is 0 Å². The molecule has 0 aromatic carbocycles. The predicted molar refractivity (Wildman–Crippen MR) is 44.0 cm³/mol. The first-order valence-electron chi connectivity index (χ1n) is 4.03. The second-order valence-corrected chi connectivity index (χ2v) is 4.22. The van der Waals surface area contributed by atoms with Crippen LogP contribution >= 0.6 is 0 Å². The third kappa shape index (κ3) is 1.25. The first-order chi connectivity index (χ1) is 4.92. The molecule has 1 aliphatic carbocycles. The van der Waals surface area contributed by atoms with Gasteiger partial charge in [0.25, 0.3) is 0 Å². The largest absolute Gasteiger partial charge is 0.390 e. The molecular formula is C9H15NO. The summed E-state index contributed by atoms with van der Waals surface area (Å²) in [5.74, 6) is 0.361. The molecule has 0 atom stereocenters. The highest BCUT2D eigenvalue weighted by molar-refractivity contribution is 5.16. The third-order valence-corrected chi connectivity index (χ3v) is 2.67. The molecule has 1 N–H and O–H groups in total. The van der Waals surface area contributed by atoms with Crippen molar-refractivity contribution in [2.45, 2.75) is 44.8 Å². The Morgan fingerprint density at radius 2 is 1.91 bits per heavy atom. The molecule has 0 unspecified atom stereocenters. The number of aliphatic hydroxyl groups is 1. The van der Waals surface area contributed by atoms with Gasteiger partial charge in [0.1, 0.15) is 0 Å². The summed E-state index contributed by atoms with van der Waals surface area (Å²) in [4.78, 5) is 3.61. The van der Waals surface area contributed by atoms with Gasteiger partial charge in [0.15, 0.2) is 0 Å². The van der Waals surface area contributed by atoms with Gasteiger partial charge in [-0.3, -0.25) is 0 Å². The third-order valence-electron chi connectivity index (χ3n) is 2.67. The minimum Gasteiger partial charge on any atom is -0.390 e. The van der Waals surface area contributed by atoms with Crippen LogP contribution in [0, 0.1) is 12.5 Å². The highest BCUT2D eigenvalue weighted by Gasteiger charge is 2.59. The van der Waals surface area contributed by atoms with Gasteiger partial charge in [0, 0.05) is 5.92 Å². The second kappa shape index (κ2) is 2.22. The summed E-state index contributed by atoms with van der Waals surface area (Å²) in [6.07, 6.45) is 1.28. The van der Waals surface area contributed by atoms with E-state index in [-0.39, 0.29) is 5.54 Å². The molecule has 0 aliphatic heterocycles. The fourth-order valence-electron chi connectivity index (χ4n) is 1.88. The summed E-state index contributed by atoms with van der Waals surface area (Å²) in [6.45, 7) is 12.9. The predicted octanol–water partition coefficient (Wildman–Crippen LogP) is 1.85. The highest BCUT2D eigenvalue weighted by Crippen LogP contribution is 2.48. The summed E-state index contributed by atoms with van der Waals surface area (Å²) >= 11 is 0. The molecule has 0 saturated heterocycles. The molecule has 1 aliphatic rings. The van der Waals surface area contributed by atoms with E-state index in [1.807, 2.05) is 13.8 Å². The van der Waals surface area contributed by atoms with Gasteiger partial charge in [-0.1, -0.05) is 13.8 Å². The van der Waals surface area contributed by atoms with Gasteiger partial charge in [-0.2, -0.15) is 0 Å². The lowest BCUT2D eigenvalue weighted by molar-refractivity contribution is -0.0714. The summed E-state index contributed by atoms with van der Waals surface area (Å²) in [5, 5.41) is 9.49. The zero-order valence-corrected chi connectivity index (χ0v) is 7.39. The minimum absolute atomic E-state index is 0.260. The van der Waals surface area contributed by atoms with Crippen molar-refractivity contribution in [2.75, 3.05) is 0 Å². The quantitative estimate of drug-likeness (QED) is 0.571. The molecule has 1 saturated carbocycles. The number of nitrogens with zero attached hydrogens (tertiary/aromatic N) is 1. The smallest absolute Gasteiger partial charge is 0.240 e. The normalized spacial score (nSPS) is 43.3. The van der Waals surface area contributed by atoms with Crippen molar-refractivity contribution >= 4 is 0 Å². The monoisotopic (exact) mass is 153 g/mol. The van der Waals surface area contributed by atoms with Crippen LogP contribution in [0.4, 0.5) is 0 Å². The van der Waals surface area contributed by atoms with E-state index in [9.17, 15) is 5.11 Å². The molecule has 0 spiro atoms. The SMILES string of the molecule is [C-]#[N+]C1(C(C)C)CC(C)(O)C1. The fraction of sp³-hybridized carbons (Fsp3) is 0.889. The van der Waals surface area contributed by atoms with Crippen LogP contribution in [0.5, 0.6) is 0 Å². The van der Waals surface area contributed by atoms with E-state index < -0.39 is 5.60 Å². The van der Waals surface area contributed by atoms with Gasteiger partial charge in [-0.15, -0.1) is 0 Å². The molecule has 1 fully saturated rings. The average Bonchev–Trinajstić information content (AvgIpc) is 1.81. The summed E-state index contributed by atoms with van der Waals surface area (Å²) in [7, 11) is 0. The van der Waals surface area contributed by atoms with Crippen LogP contribution < -0.4 is 0 Å². The lowest BCUT2D eigenvalue weighted by atomic mass is 9.61. The Hall–Kier alpha value is -0.550. The Kier molecular flexibility index (Phi) is 1.72. The van der Waals surface area contributed by atoms with Gasteiger partial charge in [0.05, 0.1) is 18.4 Å². The fourth-order valence-corrected chi connectivity index (χ4v) is 1.88. The van der Waals surface area contributed by atoms with E-state index >= 15 is 0 Å². The summed E-state index contributed by atoms with van der Waals surface area (Å²) in [6, 6.07) is 0. The van der Waals surface area contributed by atoms with Gasteiger partial charge in [-0.05, 0) is 6.92 Å². The van der Waals surface area contributed by atoms with Crippen LogP contribution in [0.25, 0.3) is 4.85 Å². The molecule has 0 aromatic heterocycles. The Labute approximate surface area is 68.0 Å². The molecule has 0 radical (unpaired) electrons. The second-order valence-electron chi connectivity index (χ2n) is 4.22. The van der Waals surface area contributed by atoms with Crippen LogP contribution in [0.3, 0.4) is 0 Å². The van der Waals surface area contributed by atoms with E-state index in [1.54, 1.807) is 6.92 Å². The van der Waals surface area contributed by atoms with Gasteiger partial charge in [0.2, 0.25) is 5.54 Å². The summed E-state index contributed by atoms with van der Waals surface area (Å²) < 4.78 is 0. The van der Waals surface area contributed by atoms with E-state index in [2.05, 4.69) is 4.85 Å². The van der Waals surface area contributed by atoms with Crippen molar-refractivity contribution in [2.24, 2.45) is 5.92 Å². The van der Waals surface area contributed by atoms with Gasteiger partial charge < -0.3 is 9.95 Å². The maximum absolute atomic E-state index is 9.49.